The van der Waals surface area contributed by atoms with Crippen molar-refractivity contribution in [2.24, 2.45) is 7.05 Å². The monoisotopic (exact) mass is 273 g/mol. The van der Waals surface area contributed by atoms with E-state index in [1.165, 1.54) is 5.56 Å². The molecule has 3 rings (SSSR count). The summed E-state index contributed by atoms with van der Waals surface area (Å²) in [7, 11) is 1.88. The van der Waals surface area contributed by atoms with Gasteiger partial charge in [0.25, 0.3) is 0 Å². The number of aryl methyl sites for hydroxylation is 1. The molecule has 2 heterocycles. The Morgan fingerprint density at radius 1 is 1.30 bits per heavy atom. The quantitative estimate of drug-likeness (QED) is 0.845. The Balaban J connectivity index is 1.74. The molecule has 0 aliphatic carbocycles. The molecule has 0 bridgehead atoms. The van der Waals surface area contributed by atoms with Crippen molar-refractivity contribution in [2.45, 2.75) is 19.1 Å². The molecule has 2 unspecified atom stereocenters. The third-order valence-electron chi connectivity index (χ3n) is 3.84. The smallest absolute Gasteiger partial charge is 0.167 e. The summed E-state index contributed by atoms with van der Waals surface area (Å²) in [5.74, 6) is 0.888. The largest absolute Gasteiger partial charge is 0.371 e. The zero-order valence-electron chi connectivity index (χ0n) is 11.8. The van der Waals surface area contributed by atoms with Crippen LogP contribution in [0.5, 0.6) is 0 Å². The lowest BCUT2D eigenvalue weighted by Gasteiger charge is -2.36. The van der Waals surface area contributed by atoms with Crippen molar-refractivity contribution in [3.8, 4) is 0 Å². The van der Waals surface area contributed by atoms with Gasteiger partial charge in [0.15, 0.2) is 5.82 Å². The molecule has 0 saturated carbocycles. The third-order valence-corrected chi connectivity index (χ3v) is 3.84. The van der Waals surface area contributed by atoms with Crippen LogP contribution >= 0.6 is 0 Å². The summed E-state index contributed by atoms with van der Waals surface area (Å²) in [5.41, 5.74) is 1.22. The number of ether oxygens (including phenoxy) is 1. The average Bonchev–Trinajstić information content (AvgIpc) is 2.94. The van der Waals surface area contributed by atoms with Crippen molar-refractivity contribution < 1.29 is 4.74 Å². The number of benzene rings is 1. The van der Waals surface area contributed by atoms with Crippen LogP contribution in [-0.4, -0.2) is 44.8 Å². The van der Waals surface area contributed by atoms with E-state index in [0.29, 0.717) is 0 Å². The van der Waals surface area contributed by atoms with Gasteiger partial charge in [0.05, 0.1) is 18.8 Å². The van der Waals surface area contributed by atoms with Gasteiger partial charge in [-0.05, 0) is 22.9 Å². The second-order valence-electron chi connectivity index (χ2n) is 5.10. The van der Waals surface area contributed by atoms with Gasteiger partial charge < -0.3 is 4.74 Å². The first-order valence-electron chi connectivity index (χ1n) is 6.88. The van der Waals surface area contributed by atoms with Crippen LogP contribution in [0, 0.1) is 0 Å². The van der Waals surface area contributed by atoms with Crippen LogP contribution < -0.4 is 0 Å². The average molecular weight is 273 g/mol. The molecule has 0 amide bonds. The number of hydrogen-bond acceptors (Lipinski definition) is 5. The molecular formula is C14H19N5O. The van der Waals surface area contributed by atoms with Crippen molar-refractivity contribution in [1.29, 1.82) is 0 Å². The maximum absolute atomic E-state index is 5.89. The van der Waals surface area contributed by atoms with E-state index < -0.39 is 0 Å². The fourth-order valence-corrected chi connectivity index (χ4v) is 2.64. The van der Waals surface area contributed by atoms with Crippen LogP contribution in [0.25, 0.3) is 0 Å². The van der Waals surface area contributed by atoms with Crippen molar-refractivity contribution in [2.75, 3.05) is 19.7 Å². The summed E-state index contributed by atoms with van der Waals surface area (Å²) in [5, 5.41) is 11.7. The molecule has 6 nitrogen and oxygen atoms in total. The van der Waals surface area contributed by atoms with Gasteiger partial charge in [-0.3, -0.25) is 4.90 Å². The van der Waals surface area contributed by atoms with E-state index in [0.717, 1.165) is 25.5 Å². The van der Waals surface area contributed by atoms with Crippen LogP contribution in [0.2, 0.25) is 0 Å². The Bertz CT molecular complexity index is 556. The lowest BCUT2D eigenvalue weighted by Crippen LogP contribution is -2.40. The minimum absolute atomic E-state index is 0.119. The SMILES string of the molecule is CC(c1nnnn1C)N1CCOC(c2ccccc2)C1. The molecule has 6 heteroatoms. The van der Waals surface area contributed by atoms with Crippen LogP contribution in [0.4, 0.5) is 0 Å². The molecule has 0 radical (unpaired) electrons. The number of morpholine rings is 1. The normalized spacial score (nSPS) is 21.8. The molecule has 20 heavy (non-hydrogen) atoms. The number of tetrazole rings is 1. The maximum Gasteiger partial charge on any atom is 0.167 e. The molecule has 1 aromatic heterocycles. The van der Waals surface area contributed by atoms with Gasteiger partial charge in [-0.25, -0.2) is 4.68 Å². The van der Waals surface area contributed by atoms with Crippen molar-refractivity contribution in [1.82, 2.24) is 25.1 Å². The van der Waals surface area contributed by atoms with E-state index in [1.54, 1.807) is 4.68 Å². The number of hydrogen-bond donors (Lipinski definition) is 0. The molecule has 106 valence electrons. The van der Waals surface area contributed by atoms with Crippen molar-refractivity contribution in [3.63, 3.8) is 0 Å². The van der Waals surface area contributed by atoms with Gasteiger partial charge in [0.2, 0.25) is 0 Å². The van der Waals surface area contributed by atoms with Crippen molar-refractivity contribution >= 4 is 0 Å². The van der Waals surface area contributed by atoms with Gasteiger partial charge in [-0.1, -0.05) is 30.3 Å². The summed E-state index contributed by atoms with van der Waals surface area (Å²) in [6.45, 7) is 4.63. The molecule has 1 aromatic carbocycles. The number of rotatable bonds is 3. The molecule has 0 N–H and O–H groups in total. The molecule has 2 aromatic rings. The highest BCUT2D eigenvalue weighted by Crippen LogP contribution is 2.27. The second kappa shape index (κ2) is 5.68. The summed E-state index contributed by atoms with van der Waals surface area (Å²) >= 11 is 0. The van der Waals surface area contributed by atoms with E-state index >= 15 is 0 Å². The summed E-state index contributed by atoms with van der Waals surface area (Å²) in [6, 6.07) is 10.5. The molecule has 1 fully saturated rings. The highest BCUT2D eigenvalue weighted by molar-refractivity contribution is 5.18. The fraction of sp³-hybridized carbons (Fsp3) is 0.500. The Hall–Kier alpha value is -1.79. The Morgan fingerprint density at radius 2 is 2.10 bits per heavy atom. The first kappa shape index (κ1) is 13.2. The van der Waals surface area contributed by atoms with Crippen LogP contribution in [0.3, 0.4) is 0 Å². The molecule has 1 saturated heterocycles. The summed E-state index contributed by atoms with van der Waals surface area (Å²) in [4.78, 5) is 2.37. The first-order chi connectivity index (χ1) is 9.75. The van der Waals surface area contributed by atoms with E-state index in [9.17, 15) is 0 Å². The van der Waals surface area contributed by atoms with Gasteiger partial charge in [0.1, 0.15) is 0 Å². The number of nitrogens with zero attached hydrogens (tertiary/aromatic N) is 5. The molecule has 2 atom stereocenters. The Morgan fingerprint density at radius 3 is 2.80 bits per heavy atom. The van der Waals surface area contributed by atoms with Gasteiger partial charge in [0, 0.05) is 20.1 Å². The second-order valence-corrected chi connectivity index (χ2v) is 5.10. The Labute approximate surface area is 118 Å². The van der Waals surface area contributed by atoms with Crippen LogP contribution in [-0.2, 0) is 11.8 Å². The molecule has 1 aliphatic heterocycles. The fourth-order valence-electron chi connectivity index (χ4n) is 2.64. The van der Waals surface area contributed by atoms with E-state index in [-0.39, 0.29) is 12.1 Å². The highest BCUT2D eigenvalue weighted by Gasteiger charge is 2.28. The predicted molar refractivity (Wildman–Crippen MR) is 73.9 cm³/mol. The minimum atomic E-state index is 0.119. The third kappa shape index (κ3) is 2.57. The van der Waals surface area contributed by atoms with E-state index in [2.05, 4.69) is 39.5 Å². The van der Waals surface area contributed by atoms with E-state index in [1.807, 2.05) is 25.2 Å². The summed E-state index contributed by atoms with van der Waals surface area (Å²) < 4.78 is 7.63. The van der Waals surface area contributed by atoms with Crippen LogP contribution in [0.15, 0.2) is 30.3 Å². The van der Waals surface area contributed by atoms with Gasteiger partial charge >= 0.3 is 0 Å². The van der Waals surface area contributed by atoms with Crippen LogP contribution in [0.1, 0.15) is 30.5 Å². The topological polar surface area (TPSA) is 56.1 Å². The standard InChI is InChI=1S/C14H19N5O/c1-11(14-15-16-17-18(14)2)19-8-9-20-13(10-19)12-6-4-3-5-7-12/h3-7,11,13H,8-10H2,1-2H3. The lowest BCUT2D eigenvalue weighted by molar-refractivity contribution is -0.0446. The lowest BCUT2D eigenvalue weighted by atomic mass is 10.1. The zero-order valence-corrected chi connectivity index (χ0v) is 11.8. The van der Waals surface area contributed by atoms with Gasteiger partial charge in [-0.15, -0.1) is 5.10 Å². The minimum Gasteiger partial charge on any atom is -0.371 e. The maximum atomic E-state index is 5.89. The zero-order chi connectivity index (χ0) is 13.9. The number of aromatic nitrogens is 4. The molecule has 1 aliphatic rings. The van der Waals surface area contributed by atoms with E-state index in [4.69, 9.17) is 4.74 Å². The summed E-state index contributed by atoms with van der Waals surface area (Å²) in [6.07, 6.45) is 0.119. The van der Waals surface area contributed by atoms with Crippen molar-refractivity contribution in [3.05, 3.63) is 41.7 Å². The highest BCUT2D eigenvalue weighted by atomic mass is 16.5. The van der Waals surface area contributed by atoms with Gasteiger partial charge in [-0.2, -0.15) is 0 Å². The Kier molecular flexibility index (Phi) is 3.75. The predicted octanol–water partition coefficient (Wildman–Crippen LogP) is 1.34. The first-order valence-corrected chi connectivity index (χ1v) is 6.88. The molecule has 0 spiro atoms. The molecular weight excluding hydrogens is 254 g/mol.